The molecule has 1 aliphatic heterocycles. The van der Waals surface area contributed by atoms with Gasteiger partial charge in [0.1, 0.15) is 0 Å². The van der Waals surface area contributed by atoms with Crippen LogP contribution in [0.25, 0.3) is 0 Å². The third-order valence-corrected chi connectivity index (χ3v) is 3.60. The molecule has 4 nitrogen and oxygen atoms in total. The normalized spacial score (nSPS) is 19.6. The van der Waals surface area contributed by atoms with E-state index in [9.17, 15) is 4.79 Å². The van der Waals surface area contributed by atoms with Gasteiger partial charge in [-0.15, -0.1) is 0 Å². The Morgan fingerprint density at radius 2 is 1.89 bits per heavy atom. The van der Waals surface area contributed by atoms with E-state index < -0.39 is 0 Å². The first-order valence-corrected chi connectivity index (χ1v) is 6.90. The minimum absolute atomic E-state index is 0.0659. The summed E-state index contributed by atoms with van der Waals surface area (Å²) >= 11 is 0. The van der Waals surface area contributed by atoms with Gasteiger partial charge in [-0.3, -0.25) is 4.79 Å². The Bertz CT molecular complexity index is 265. The molecule has 0 spiro atoms. The molecule has 1 saturated heterocycles. The Hall–Kier alpha value is -0.610. The van der Waals surface area contributed by atoms with Crippen LogP contribution in [0.2, 0.25) is 0 Å². The van der Waals surface area contributed by atoms with Crippen LogP contribution in [0.3, 0.4) is 0 Å². The molecule has 0 radical (unpaired) electrons. The number of amides is 1. The van der Waals surface area contributed by atoms with Crippen molar-refractivity contribution in [3.8, 4) is 0 Å². The highest BCUT2D eigenvalue weighted by atomic mass is 16.5. The molecule has 106 valence electrons. The standard InChI is InChI=1S/C14H28N2O2/c1-13(2,3)5-8-16-14(11-12(17)15-4)6-9-18-10-7-14/h16H,5-11H2,1-4H3,(H,15,17). The fourth-order valence-electron chi connectivity index (χ4n) is 2.28. The molecule has 0 unspecified atom stereocenters. The van der Waals surface area contributed by atoms with Crippen molar-refractivity contribution in [2.24, 2.45) is 5.41 Å². The minimum Gasteiger partial charge on any atom is -0.381 e. The van der Waals surface area contributed by atoms with Gasteiger partial charge in [-0.25, -0.2) is 0 Å². The molecular formula is C14H28N2O2. The molecule has 1 heterocycles. The van der Waals surface area contributed by atoms with E-state index in [4.69, 9.17) is 4.74 Å². The van der Waals surface area contributed by atoms with E-state index >= 15 is 0 Å². The molecule has 1 aliphatic rings. The van der Waals surface area contributed by atoms with E-state index in [1.54, 1.807) is 7.05 Å². The Morgan fingerprint density at radius 3 is 2.39 bits per heavy atom. The van der Waals surface area contributed by atoms with Crippen LogP contribution >= 0.6 is 0 Å². The van der Waals surface area contributed by atoms with E-state index in [2.05, 4.69) is 31.4 Å². The van der Waals surface area contributed by atoms with E-state index in [1.807, 2.05) is 0 Å². The van der Waals surface area contributed by atoms with Gasteiger partial charge in [0.05, 0.1) is 0 Å². The van der Waals surface area contributed by atoms with Gasteiger partial charge in [0.25, 0.3) is 0 Å². The van der Waals surface area contributed by atoms with Crippen LogP contribution in [0.4, 0.5) is 0 Å². The van der Waals surface area contributed by atoms with Gasteiger partial charge in [-0.05, 0) is 31.2 Å². The summed E-state index contributed by atoms with van der Waals surface area (Å²) in [6, 6.07) is 0. The van der Waals surface area contributed by atoms with Gasteiger partial charge in [-0.1, -0.05) is 20.8 Å². The van der Waals surface area contributed by atoms with Crippen LogP contribution in [-0.4, -0.2) is 38.3 Å². The maximum atomic E-state index is 11.7. The number of ether oxygens (including phenoxy) is 1. The molecule has 0 aromatic carbocycles. The van der Waals surface area contributed by atoms with E-state index in [0.29, 0.717) is 11.8 Å². The van der Waals surface area contributed by atoms with Gasteiger partial charge >= 0.3 is 0 Å². The second-order valence-electron chi connectivity index (χ2n) is 6.48. The summed E-state index contributed by atoms with van der Waals surface area (Å²) in [4.78, 5) is 11.7. The summed E-state index contributed by atoms with van der Waals surface area (Å²) < 4.78 is 5.42. The molecule has 0 aromatic rings. The van der Waals surface area contributed by atoms with Gasteiger partial charge in [0.15, 0.2) is 0 Å². The highest BCUT2D eigenvalue weighted by molar-refractivity contribution is 5.76. The zero-order valence-electron chi connectivity index (χ0n) is 12.3. The highest BCUT2D eigenvalue weighted by Crippen LogP contribution is 2.26. The molecule has 2 N–H and O–H groups in total. The molecule has 0 saturated carbocycles. The van der Waals surface area contributed by atoms with Crippen LogP contribution in [0.5, 0.6) is 0 Å². The van der Waals surface area contributed by atoms with Crippen LogP contribution in [-0.2, 0) is 9.53 Å². The summed E-state index contributed by atoms with van der Waals surface area (Å²) in [7, 11) is 1.70. The van der Waals surface area contributed by atoms with Gasteiger partial charge in [0.2, 0.25) is 5.91 Å². The first-order valence-electron chi connectivity index (χ1n) is 6.90. The minimum atomic E-state index is -0.0659. The zero-order chi connectivity index (χ0) is 13.6. The van der Waals surface area contributed by atoms with Crippen molar-refractivity contribution in [1.82, 2.24) is 10.6 Å². The molecule has 0 bridgehead atoms. The van der Waals surface area contributed by atoms with Gasteiger partial charge in [-0.2, -0.15) is 0 Å². The molecule has 1 amide bonds. The fraction of sp³-hybridized carbons (Fsp3) is 0.929. The Morgan fingerprint density at radius 1 is 1.28 bits per heavy atom. The first kappa shape index (κ1) is 15.4. The Balaban J connectivity index is 2.52. The topological polar surface area (TPSA) is 50.4 Å². The summed E-state index contributed by atoms with van der Waals surface area (Å²) in [5.74, 6) is 0.111. The molecule has 4 heteroatoms. The number of carbonyl (C=O) groups excluding carboxylic acids is 1. The number of carbonyl (C=O) groups is 1. The average Bonchev–Trinajstić information content (AvgIpc) is 2.28. The molecule has 0 aliphatic carbocycles. The molecule has 1 fully saturated rings. The van der Waals surface area contributed by atoms with Crippen molar-refractivity contribution in [3.05, 3.63) is 0 Å². The number of hydrogen-bond acceptors (Lipinski definition) is 3. The lowest BCUT2D eigenvalue weighted by Crippen LogP contribution is -2.52. The smallest absolute Gasteiger partial charge is 0.221 e. The van der Waals surface area contributed by atoms with Crippen molar-refractivity contribution in [1.29, 1.82) is 0 Å². The van der Waals surface area contributed by atoms with E-state index in [-0.39, 0.29) is 11.4 Å². The fourth-order valence-corrected chi connectivity index (χ4v) is 2.28. The number of rotatable bonds is 5. The zero-order valence-corrected chi connectivity index (χ0v) is 12.3. The lowest BCUT2D eigenvalue weighted by Gasteiger charge is -2.38. The molecule has 0 atom stereocenters. The van der Waals surface area contributed by atoms with Crippen molar-refractivity contribution in [2.75, 3.05) is 26.8 Å². The Labute approximate surface area is 111 Å². The van der Waals surface area contributed by atoms with Crippen LogP contribution in [0.1, 0.15) is 46.5 Å². The largest absolute Gasteiger partial charge is 0.381 e. The lowest BCUT2D eigenvalue weighted by atomic mass is 9.85. The number of hydrogen-bond donors (Lipinski definition) is 2. The molecular weight excluding hydrogens is 228 g/mol. The number of nitrogens with one attached hydrogen (secondary N) is 2. The quantitative estimate of drug-likeness (QED) is 0.787. The SMILES string of the molecule is CNC(=O)CC1(NCCC(C)(C)C)CCOCC1. The lowest BCUT2D eigenvalue weighted by molar-refractivity contribution is -0.123. The monoisotopic (exact) mass is 256 g/mol. The third-order valence-electron chi connectivity index (χ3n) is 3.60. The molecule has 0 aromatic heterocycles. The maximum absolute atomic E-state index is 11.7. The van der Waals surface area contributed by atoms with Gasteiger partial charge < -0.3 is 15.4 Å². The van der Waals surface area contributed by atoms with Crippen molar-refractivity contribution in [3.63, 3.8) is 0 Å². The second kappa shape index (κ2) is 6.53. The predicted molar refractivity (Wildman–Crippen MR) is 73.5 cm³/mol. The maximum Gasteiger partial charge on any atom is 0.221 e. The highest BCUT2D eigenvalue weighted by Gasteiger charge is 2.34. The van der Waals surface area contributed by atoms with Crippen molar-refractivity contribution in [2.45, 2.75) is 52.0 Å². The summed E-state index contributed by atoms with van der Waals surface area (Å²) in [5.41, 5.74) is 0.260. The Kier molecular flexibility index (Phi) is 5.60. The second-order valence-corrected chi connectivity index (χ2v) is 6.48. The first-order chi connectivity index (χ1) is 8.37. The van der Waals surface area contributed by atoms with Crippen LogP contribution in [0, 0.1) is 5.41 Å². The van der Waals surface area contributed by atoms with Crippen LogP contribution in [0.15, 0.2) is 0 Å². The average molecular weight is 256 g/mol. The van der Waals surface area contributed by atoms with E-state index in [1.165, 1.54) is 0 Å². The molecule has 1 rings (SSSR count). The summed E-state index contributed by atoms with van der Waals surface area (Å²) in [5, 5.41) is 6.34. The molecule has 18 heavy (non-hydrogen) atoms. The van der Waals surface area contributed by atoms with Crippen LogP contribution < -0.4 is 10.6 Å². The summed E-state index contributed by atoms with van der Waals surface area (Å²) in [6.07, 6.45) is 3.51. The van der Waals surface area contributed by atoms with Gasteiger partial charge in [0, 0.05) is 32.2 Å². The van der Waals surface area contributed by atoms with Crippen molar-refractivity contribution >= 4 is 5.91 Å². The summed E-state index contributed by atoms with van der Waals surface area (Å²) in [6.45, 7) is 9.18. The third kappa shape index (κ3) is 5.36. The van der Waals surface area contributed by atoms with Crippen molar-refractivity contribution < 1.29 is 9.53 Å². The van der Waals surface area contributed by atoms with E-state index in [0.717, 1.165) is 39.0 Å². The predicted octanol–water partition coefficient (Wildman–Crippen LogP) is 1.70.